The summed E-state index contributed by atoms with van der Waals surface area (Å²) in [7, 11) is -2.74. The highest BCUT2D eigenvalue weighted by Gasteiger charge is 2.60. The van der Waals surface area contributed by atoms with Gasteiger partial charge < -0.3 is 13.9 Å². The fraction of sp³-hybridized carbons (Fsp3) is 0.400. The number of benzene rings is 3. The van der Waals surface area contributed by atoms with Gasteiger partial charge in [0, 0.05) is 24.0 Å². The molecule has 3 aromatic carbocycles. The van der Waals surface area contributed by atoms with Gasteiger partial charge in [0.05, 0.1) is 19.3 Å². The van der Waals surface area contributed by atoms with Crippen molar-refractivity contribution in [1.29, 1.82) is 0 Å². The molecule has 6 heteroatoms. The molecule has 1 aliphatic heterocycles. The summed E-state index contributed by atoms with van der Waals surface area (Å²) in [4.78, 5) is 12.1. The number of fused-ring (bicyclic) bond motifs is 2. The van der Waals surface area contributed by atoms with Crippen LogP contribution < -0.4 is 10.4 Å². The van der Waals surface area contributed by atoms with Crippen LogP contribution in [0.2, 0.25) is 5.04 Å². The van der Waals surface area contributed by atoms with Crippen LogP contribution >= 0.6 is 0 Å². The van der Waals surface area contributed by atoms with Crippen LogP contribution in [-0.4, -0.2) is 40.2 Å². The minimum atomic E-state index is -2.74. The van der Waals surface area contributed by atoms with Crippen molar-refractivity contribution in [2.24, 2.45) is 11.8 Å². The van der Waals surface area contributed by atoms with Crippen molar-refractivity contribution < 1.29 is 23.1 Å². The largest absolute Gasteiger partial charge is 0.463 e. The molecule has 5 rings (SSSR count). The minimum Gasteiger partial charge on any atom is -0.463 e. The molecule has 4 atom stereocenters. The maximum absolute atomic E-state index is 13.9. The Balaban J connectivity index is 1.52. The molecule has 4 nitrogen and oxygen atoms in total. The van der Waals surface area contributed by atoms with Crippen LogP contribution in [0.4, 0.5) is 4.39 Å². The van der Waals surface area contributed by atoms with Crippen LogP contribution in [0.3, 0.4) is 0 Å². The fourth-order valence-electron chi connectivity index (χ4n) is 7.24. The maximum Gasteiger partial charge on any atom is 0.330 e. The highest BCUT2D eigenvalue weighted by molar-refractivity contribution is 6.99. The van der Waals surface area contributed by atoms with E-state index in [1.807, 2.05) is 18.2 Å². The molecular formula is C35H41FO4Si. The number of ether oxygens (including phenoxy) is 2. The Kier molecular flexibility index (Phi) is 8.64. The first-order chi connectivity index (χ1) is 19.7. The molecule has 0 unspecified atom stereocenters. The summed E-state index contributed by atoms with van der Waals surface area (Å²) < 4.78 is 32.9. The summed E-state index contributed by atoms with van der Waals surface area (Å²) in [5.74, 6) is -0.301. The lowest BCUT2D eigenvalue weighted by atomic mass is 9.69. The van der Waals surface area contributed by atoms with Crippen LogP contribution in [0, 0.1) is 17.7 Å². The Bertz CT molecular complexity index is 1300. The molecule has 1 heterocycles. The molecule has 2 fully saturated rings. The average molecular weight is 573 g/mol. The van der Waals surface area contributed by atoms with Gasteiger partial charge in [-0.3, -0.25) is 0 Å². The monoisotopic (exact) mass is 572 g/mol. The number of halogens is 1. The maximum atomic E-state index is 13.9. The summed E-state index contributed by atoms with van der Waals surface area (Å²) in [6, 6.07) is 28.2. The van der Waals surface area contributed by atoms with Crippen molar-refractivity contribution in [3.63, 3.8) is 0 Å². The molecule has 2 bridgehead atoms. The van der Waals surface area contributed by atoms with Crippen molar-refractivity contribution in [2.75, 3.05) is 19.8 Å². The Hall–Kier alpha value is -3.06. The van der Waals surface area contributed by atoms with Gasteiger partial charge in [-0.25, -0.2) is 9.18 Å². The van der Waals surface area contributed by atoms with Crippen molar-refractivity contribution in [2.45, 2.75) is 57.1 Å². The number of esters is 1. The van der Waals surface area contributed by atoms with Crippen LogP contribution in [0.25, 0.3) is 0 Å². The van der Waals surface area contributed by atoms with Gasteiger partial charge in [0.2, 0.25) is 0 Å². The van der Waals surface area contributed by atoms with E-state index in [-0.39, 0.29) is 40.2 Å². The molecule has 0 amide bonds. The van der Waals surface area contributed by atoms with Crippen molar-refractivity contribution in [3.8, 4) is 0 Å². The fourth-order valence-corrected chi connectivity index (χ4v) is 11.8. The number of rotatable bonds is 10. The molecule has 1 saturated carbocycles. The standard InChI is InChI=1S/C35H41FO4Si/c1-5-38-33(37)18-12-17-31-30(32-23-35(31,25-39-32)26-19-21-27(36)22-20-26)24-40-41(34(2,3)4,28-13-8-6-9-14-28)29-15-10-7-11-16-29/h6-16,18-22,30-32H,5,17,23-25H2,1-4H3/b18-12-/t30-,31-,32-,35-/m0/s1. The second-order valence-corrected chi connectivity index (χ2v) is 16.7. The van der Waals surface area contributed by atoms with Crippen LogP contribution in [0.15, 0.2) is 97.1 Å². The van der Waals surface area contributed by atoms with Gasteiger partial charge in [-0.05, 0) is 58.8 Å². The predicted molar refractivity (Wildman–Crippen MR) is 163 cm³/mol. The summed E-state index contributed by atoms with van der Waals surface area (Å²) >= 11 is 0. The Morgan fingerprint density at radius 3 is 2.17 bits per heavy atom. The highest BCUT2D eigenvalue weighted by Crippen LogP contribution is 2.57. The molecule has 1 saturated heterocycles. The zero-order valence-corrected chi connectivity index (χ0v) is 25.5. The number of carbonyl (C=O) groups is 1. The summed E-state index contributed by atoms with van der Waals surface area (Å²) in [5.41, 5.74) is 0.820. The minimum absolute atomic E-state index is 0.0271. The van der Waals surface area contributed by atoms with E-state index >= 15 is 0 Å². The molecule has 1 aliphatic carbocycles. The van der Waals surface area contributed by atoms with Crippen LogP contribution in [-0.2, 0) is 24.1 Å². The van der Waals surface area contributed by atoms with E-state index in [4.69, 9.17) is 13.9 Å². The van der Waals surface area contributed by atoms with Crippen molar-refractivity contribution in [3.05, 3.63) is 108 Å². The normalized spacial score (nSPS) is 24.2. The second-order valence-electron chi connectivity index (χ2n) is 12.4. The lowest BCUT2D eigenvalue weighted by Crippen LogP contribution is -2.67. The van der Waals surface area contributed by atoms with E-state index in [2.05, 4.69) is 81.4 Å². The predicted octanol–water partition coefficient (Wildman–Crippen LogP) is 6.18. The number of allylic oxidation sites excluding steroid dienone is 1. The Morgan fingerprint density at radius 2 is 1.61 bits per heavy atom. The van der Waals surface area contributed by atoms with Gasteiger partial charge in [-0.1, -0.05) is 99.6 Å². The number of hydrogen-bond acceptors (Lipinski definition) is 4. The third-order valence-corrected chi connectivity index (χ3v) is 14.1. The first-order valence-corrected chi connectivity index (χ1v) is 16.6. The van der Waals surface area contributed by atoms with Gasteiger partial charge in [0.1, 0.15) is 5.82 Å². The van der Waals surface area contributed by atoms with E-state index in [1.165, 1.54) is 28.6 Å². The van der Waals surface area contributed by atoms with Crippen LogP contribution in [0.5, 0.6) is 0 Å². The first kappa shape index (κ1) is 29.4. The smallest absolute Gasteiger partial charge is 0.330 e. The molecule has 0 radical (unpaired) electrons. The van der Waals surface area contributed by atoms with E-state index in [0.717, 1.165) is 12.0 Å². The number of carbonyl (C=O) groups excluding carboxylic acids is 1. The second kappa shape index (κ2) is 12.0. The molecule has 41 heavy (non-hydrogen) atoms. The molecule has 2 aliphatic rings. The molecular weight excluding hydrogens is 531 g/mol. The summed E-state index contributed by atoms with van der Waals surface area (Å²) in [6.45, 7) is 10.1. The van der Waals surface area contributed by atoms with E-state index < -0.39 is 8.32 Å². The zero-order chi connectivity index (χ0) is 29.1. The topological polar surface area (TPSA) is 44.8 Å². The zero-order valence-electron chi connectivity index (χ0n) is 24.5. The van der Waals surface area contributed by atoms with E-state index in [0.29, 0.717) is 26.2 Å². The number of hydrogen-bond donors (Lipinski definition) is 0. The Labute approximate surface area is 244 Å². The van der Waals surface area contributed by atoms with Gasteiger partial charge in [-0.2, -0.15) is 0 Å². The average Bonchev–Trinajstić information content (AvgIpc) is 3.53. The van der Waals surface area contributed by atoms with Gasteiger partial charge in [-0.15, -0.1) is 0 Å². The third kappa shape index (κ3) is 5.57. The SMILES string of the molecule is CCOC(=O)/C=C\C[C@H]1[C@H](CO[Si](c2ccccc2)(c2ccccc2)C(C)(C)C)[C@@H]2C[C@@]1(c1ccc(F)cc1)CO2. The molecule has 0 aromatic heterocycles. The first-order valence-electron chi connectivity index (χ1n) is 14.7. The molecule has 0 N–H and O–H groups in total. The van der Waals surface area contributed by atoms with E-state index in [9.17, 15) is 9.18 Å². The Morgan fingerprint density at radius 1 is 1.00 bits per heavy atom. The molecule has 0 spiro atoms. The summed E-state index contributed by atoms with van der Waals surface area (Å²) in [6.07, 6.45) is 5.04. The third-order valence-electron chi connectivity index (χ3n) is 9.08. The quantitative estimate of drug-likeness (QED) is 0.165. The summed E-state index contributed by atoms with van der Waals surface area (Å²) in [5, 5.41) is 2.35. The van der Waals surface area contributed by atoms with Gasteiger partial charge >= 0.3 is 5.97 Å². The highest BCUT2D eigenvalue weighted by atomic mass is 28.4. The molecule has 3 aromatic rings. The lowest BCUT2D eigenvalue weighted by molar-refractivity contribution is -0.137. The molecule has 216 valence electrons. The van der Waals surface area contributed by atoms with Gasteiger partial charge in [0.25, 0.3) is 8.32 Å². The van der Waals surface area contributed by atoms with Crippen molar-refractivity contribution in [1.82, 2.24) is 0 Å². The van der Waals surface area contributed by atoms with Crippen LogP contribution in [0.1, 0.15) is 46.1 Å². The van der Waals surface area contributed by atoms with Crippen molar-refractivity contribution >= 4 is 24.7 Å². The lowest BCUT2D eigenvalue weighted by Gasteiger charge is -2.45. The van der Waals surface area contributed by atoms with Gasteiger partial charge in [0.15, 0.2) is 0 Å². The van der Waals surface area contributed by atoms with E-state index in [1.54, 1.807) is 6.92 Å².